The monoisotopic (exact) mass is 522 g/mol. The van der Waals surface area contributed by atoms with Crippen LogP contribution in [0.5, 0.6) is 5.75 Å². The minimum absolute atomic E-state index is 0.0713. The molecule has 38 heavy (non-hydrogen) atoms. The molecule has 0 aromatic heterocycles. The van der Waals surface area contributed by atoms with Crippen LogP contribution in [0.2, 0.25) is 0 Å². The van der Waals surface area contributed by atoms with Gasteiger partial charge in [0.1, 0.15) is 5.75 Å². The number of likely N-dealkylation sites (tertiary alicyclic amines) is 1. The fourth-order valence-corrected chi connectivity index (χ4v) is 6.67. The molecule has 4 unspecified atom stereocenters. The summed E-state index contributed by atoms with van der Waals surface area (Å²) in [4.78, 5) is 38.5. The molecule has 2 aliphatic carbocycles. The van der Waals surface area contributed by atoms with Gasteiger partial charge in [0.25, 0.3) is 0 Å². The number of nitrogens with two attached hydrogens (primary N) is 1. The summed E-state index contributed by atoms with van der Waals surface area (Å²) in [5.74, 6) is 0.552. The van der Waals surface area contributed by atoms with Crippen molar-refractivity contribution >= 4 is 18.2 Å². The normalized spacial score (nSPS) is 26.9. The third-order valence-corrected chi connectivity index (χ3v) is 8.85. The first-order chi connectivity index (χ1) is 18.0. The molecule has 1 aliphatic heterocycles. The molecular weight excluding hydrogens is 480 g/mol. The van der Waals surface area contributed by atoms with Gasteiger partial charge in [0.2, 0.25) is 18.2 Å². The van der Waals surface area contributed by atoms with E-state index in [9.17, 15) is 19.5 Å². The van der Waals surface area contributed by atoms with Crippen molar-refractivity contribution in [3.05, 3.63) is 52.2 Å². The number of primary amides is 1. The van der Waals surface area contributed by atoms with Crippen molar-refractivity contribution in [1.29, 1.82) is 0 Å². The molecule has 1 aromatic rings. The Bertz CT molecular complexity index is 1150. The molecule has 206 valence electrons. The number of nitrogens with one attached hydrogen (secondary N) is 2. The zero-order valence-corrected chi connectivity index (χ0v) is 23.0. The first kappa shape index (κ1) is 27.9. The van der Waals surface area contributed by atoms with E-state index < -0.39 is 5.91 Å². The number of phenolic OH excluding ortho intramolecular Hbond substituents is 1. The molecule has 8 heteroatoms. The predicted octanol–water partition coefficient (Wildman–Crippen LogP) is 3.18. The van der Waals surface area contributed by atoms with Crippen molar-refractivity contribution in [2.45, 2.75) is 83.7 Å². The topological polar surface area (TPSA) is 125 Å². The molecule has 0 bridgehead atoms. The highest BCUT2D eigenvalue weighted by Gasteiger charge is 2.51. The van der Waals surface area contributed by atoms with E-state index in [0.29, 0.717) is 30.9 Å². The highest BCUT2D eigenvalue weighted by atomic mass is 16.3. The molecule has 1 aromatic carbocycles. The average molecular weight is 523 g/mol. The van der Waals surface area contributed by atoms with E-state index in [4.69, 9.17) is 5.73 Å². The molecule has 1 saturated heterocycles. The number of allylic oxidation sites excluding steroid dienone is 3. The molecule has 5 N–H and O–H groups in total. The lowest BCUT2D eigenvalue weighted by Gasteiger charge is -2.55. The molecule has 1 saturated carbocycles. The summed E-state index contributed by atoms with van der Waals surface area (Å²) >= 11 is 0. The summed E-state index contributed by atoms with van der Waals surface area (Å²) in [6.07, 6.45) is 7.53. The number of phenols is 1. The van der Waals surface area contributed by atoms with Gasteiger partial charge in [-0.15, -0.1) is 0 Å². The van der Waals surface area contributed by atoms with E-state index in [1.54, 1.807) is 19.9 Å². The van der Waals surface area contributed by atoms with Gasteiger partial charge in [-0.1, -0.05) is 6.07 Å². The van der Waals surface area contributed by atoms with Gasteiger partial charge in [-0.2, -0.15) is 0 Å². The summed E-state index contributed by atoms with van der Waals surface area (Å²) in [5, 5.41) is 16.3. The van der Waals surface area contributed by atoms with Crippen LogP contribution < -0.4 is 16.4 Å². The SMILES string of the molecule is C/C(=C\C1=C(NC=O)CC2(c3cc(O)ccc3C)CCN(CC3CC3)C(C)C2C1)C(=O)NC(C)CC(N)=O. The van der Waals surface area contributed by atoms with Crippen LogP contribution in [0.1, 0.15) is 70.4 Å². The number of aryl methyl sites for hydroxylation is 1. The second-order valence-corrected chi connectivity index (χ2v) is 11.7. The van der Waals surface area contributed by atoms with Crippen LogP contribution in [-0.2, 0) is 19.8 Å². The Kier molecular flexibility index (Phi) is 8.31. The van der Waals surface area contributed by atoms with E-state index in [0.717, 1.165) is 47.8 Å². The van der Waals surface area contributed by atoms with Crippen molar-refractivity contribution in [2.75, 3.05) is 13.1 Å². The number of nitrogens with zero attached hydrogens (tertiary/aromatic N) is 1. The van der Waals surface area contributed by atoms with Crippen LogP contribution in [0.15, 0.2) is 41.1 Å². The number of carbonyl (C=O) groups is 3. The molecule has 4 atom stereocenters. The van der Waals surface area contributed by atoms with E-state index in [-0.39, 0.29) is 35.5 Å². The number of hydrogen-bond acceptors (Lipinski definition) is 5. The van der Waals surface area contributed by atoms with Gasteiger partial charge >= 0.3 is 0 Å². The van der Waals surface area contributed by atoms with Crippen LogP contribution in [-0.4, -0.2) is 53.4 Å². The fraction of sp³-hybridized carbons (Fsp3) is 0.567. The third kappa shape index (κ3) is 5.96. The summed E-state index contributed by atoms with van der Waals surface area (Å²) in [6, 6.07) is 5.55. The van der Waals surface area contributed by atoms with Gasteiger partial charge in [0, 0.05) is 41.7 Å². The number of fused-ring (bicyclic) bond motifs is 1. The minimum Gasteiger partial charge on any atom is -0.508 e. The summed E-state index contributed by atoms with van der Waals surface area (Å²) in [5.41, 5.74) is 9.60. The molecule has 1 heterocycles. The molecule has 0 radical (unpaired) electrons. The van der Waals surface area contributed by atoms with Gasteiger partial charge in [0.05, 0.1) is 0 Å². The summed E-state index contributed by atoms with van der Waals surface area (Å²) < 4.78 is 0. The van der Waals surface area contributed by atoms with Crippen LogP contribution in [0, 0.1) is 18.8 Å². The number of piperidine rings is 1. The Morgan fingerprint density at radius 1 is 1.32 bits per heavy atom. The molecule has 8 nitrogen and oxygen atoms in total. The minimum atomic E-state index is -0.465. The maximum atomic E-state index is 12.9. The number of amides is 3. The first-order valence-corrected chi connectivity index (χ1v) is 13.8. The highest BCUT2D eigenvalue weighted by molar-refractivity contribution is 5.93. The van der Waals surface area contributed by atoms with Gasteiger partial charge in [-0.05, 0) is 113 Å². The molecule has 3 amide bonds. The highest BCUT2D eigenvalue weighted by Crippen LogP contribution is 2.54. The van der Waals surface area contributed by atoms with E-state index in [1.165, 1.54) is 12.8 Å². The lowest BCUT2D eigenvalue weighted by atomic mass is 9.56. The molecule has 2 fully saturated rings. The molecular formula is C30H42N4O4. The Hall–Kier alpha value is -3.13. The zero-order chi connectivity index (χ0) is 27.6. The van der Waals surface area contributed by atoms with Gasteiger partial charge in [-0.25, -0.2) is 0 Å². The maximum Gasteiger partial charge on any atom is 0.247 e. The van der Waals surface area contributed by atoms with Gasteiger partial charge in [-0.3, -0.25) is 14.4 Å². The van der Waals surface area contributed by atoms with E-state index in [1.807, 2.05) is 18.2 Å². The number of hydrogen-bond donors (Lipinski definition) is 4. The largest absolute Gasteiger partial charge is 0.508 e. The maximum absolute atomic E-state index is 12.9. The van der Waals surface area contributed by atoms with Crippen LogP contribution in [0.25, 0.3) is 0 Å². The molecule has 0 spiro atoms. The van der Waals surface area contributed by atoms with Crippen molar-refractivity contribution < 1.29 is 19.5 Å². The van der Waals surface area contributed by atoms with Crippen LogP contribution >= 0.6 is 0 Å². The number of benzene rings is 1. The van der Waals surface area contributed by atoms with E-state index >= 15 is 0 Å². The zero-order valence-electron chi connectivity index (χ0n) is 23.0. The third-order valence-electron chi connectivity index (χ3n) is 8.85. The number of carbonyl (C=O) groups excluding carboxylic acids is 3. The van der Waals surface area contributed by atoms with Crippen molar-refractivity contribution in [2.24, 2.45) is 17.6 Å². The Morgan fingerprint density at radius 2 is 2.05 bits per heavy atom. The lowest BCUT2D eigenvalue weighted by molar-refractivity contribution is -0.120. The Labute approximate surface area is 225 Å². The van der Waals surface area contributed by atoms with Crippen molar-refractivity contribution in [3.63, 3.8) is 0 Å². The number of aromatic hydroxyl groups is 1. The van der Waals surface area contributed by atoms with Gasteiger partial charge in [0.15, 0.2) is 0 Å². The first-order valence-electron chi connectivity index (χ1n) is 13.8. The smallest absolute Gasteiger partial charge is 0.247 e. The predicted molar refractivity (Wildman–Crippen MR) is 147 cm³/mol. The molecule has 4 rings (SSSR count). The fourth-order valence-electron chi connectivity index (χ4n) is 6.67. The lowest BCUT2D eigenvalue weighted by Crippen LogP contribution is -2.57. The number of rotatable bonds is 10. The molecule has 3 aliphatic rings. The van der Waals surface area contributed by atoms with Gasteiger partial charge < -0.3 is 26.4 Å². The summed E-state index contributed by atoms with van der Waals surface area (Å²) in [7, 11) is 0. The summed E-state index contributed by atoms with van der Waals surface area (Å²) in [6.45, 7) is 9.99. The second-order valence-electron chi connectivity index (χ2n) is 11.7. The quantitative estimate of drug-likeness (QED) is 0.278. The second kappa shape index (κ2) is 11.3. The Morgan fingerprint density at radius 3 is 2.71 bits per heavy atom. The standard InChI is InChI=1S/C30H42N4O4/c1-18-5-8-24(36)14-25(18)30-9-10-34(16-22-6-7-22)21(4)26(30)13-23(27(15-30)32-17-35)11-19(2)29(38)33-20(3)12-28(31)37/h5,8,11,14,17,20-22,26,36H,6-7,9-10,12-13,15-16H2,1-4H3,(H2,31,37)(H,32,35)(H,33,38)/b19-11+. The van der Waals surface area contributed by atoms with Crippen molar-refractivity contribution in [3.8, 4) is 5.75 Å². The Balaban J connectivity index is 1.72. The van der Waals surface area contributed by atoms with E-state index in [2.05, 4.69) is 29.4 Å². The van der Waals surface area contributed by atoms with Crippen LogP contribution in [0.4, 0.5) is 0 Å². The van der Waals surface area contributed by atoms with Crippen LogP contribution in [0.3, 0.4) is 0 Å². The average Bonchev–Trinajstić information content (AvgIpc) is 3.67. The van der Waals surface area contributed by atoms with Crippen molar-refractivity contribution in [1.82, 2.24) is 15.5 Å².